The summed E-state index contributed by atoms with van der Waals surface area (Å²) in [6, 6.07) is 7.40. The van der Waals surface area contributed by atoms with Gasteiger partial charge >= 0.3 is 0 Å². The summed E-state index contributed by atoms with van der Waals surface area (Å²) in [4.78, 5) is 11.6. The third-order valence-corrected chi connectivity index (χ3v) is 2.36. The summed E-state index contributed by atoms with van der Waals surface area (Å²) >= 11 is 0. The highest BCUT2D eigenvalue weighted by atomic mass is 16.3. The van der Waals surface area contributed by atoms with Crippen LogP contribution in [0, 0.1) is 0 Å². The quantitative estimate of drug-likeness (QED) is 0.723. The van der Waals surface area contributed by atoms with Gasteiger partial charge in [-0.2, -0.15) is 0 Å². The molecule has 0 aliphatic heterocycles. The minimum atomic E-state index is -1.39. The van der Waals surface area contributed by atoms with Gasteiger partial charge in [0.2, 0.25) is 0 Å². The Bertz CT molecular complexity index is 382. The molecule has 1 rings (SSSR count). The number of amides is 1. The molecule has 94 valence electrons. The van der Waals surface area contributed by atoms with Crippen molar-refractivity contribution in [3.8, 4) is 0 Å². The molecule has 0 fully saturated rings. The molecular formula is C13H19NO3. The average Bonchev–Trinajstić information content (AvgIpc) is 2.25. The summed E-state index contributed by atoms with van der Waals surface area (Å²) in [7, 11) is 0. The van der Waals surface area contributed by atoms with Gasteiger partial charge in [-0.1, -0.05) is 12.1 Å². The number of carbonyl (C=O) groups excluding carboxylic acids is 1. The minimum absolute atomic E-state index is 0.153. The van der Waals surface area contributed by atoms with Gasteiger partial charge in [0.05, 0.1) is 0 Å². The molecule has 0 radical (unpaired) electrons. The molecule has 0 aliphatic carbocycles. The predicted octanol–water partition coefficient (Wildman–Crippen LogP) is 1.32. The van der Waals surface area contributed by atoms with Crippen LogP contribution < -0.4 is 5.32 Å². The van der Waals surface area contributed by atoms with Crippen LogP contribution in [0.4, 0.5) is 5.69 Å². The Morgan fingerprint density at radius 2 is 2.12 bits per heavy atom. The number of aryl methyl sites for hydroxylation is 1. The van der Waals surface area contributed by atoms with E-state index in [2.05, 4.69) is 5.32 Å². The van der Waals surface area contributed by atoms with Gasteiger partial charge in [-0.15, -0.1) is 0 Å². The third-order valence-electron chi connectivity index (χ3n) is 2.36. The van der Waals surface area contributed by atoms with Gasteiger partial charge in [0.15, 0.2) is 0 Å². The number of hydrogen-bond donors (Lipinski definition) is 3. The number of anilines is 1. The van der Waals surface area contributed by atoms with Crippen LogP contribution in [0.5, 0.6) is 0 Å². The maximum atomic E-state index is 11.6. The Morgan fingerprint density at radius 1 is 1.41 bits per heavy atom. The van der Waals surface area contributed by atoms with E-state index in [0.29, 0.717) is 12.1 Å². The second-order valence-corrected chi connectivity index (χ2v) is 4.54. The lowest BCUT2D eigenvalue weighted by atomic mass is 10.1. The molecule has 0 spiro atoms. The van der Waals surface area contributed by atoms with Gasteiger partial charge in [-0.3, -0.25) is 4.79 Å². The molecule has 4 nitrogen and oxygen atoms in total. The van der Waals surface area contributed by atoms with Crippen LogP contribution in [0.3, 0.4) is 0 Å². The average molecular weight is 237 g/mol. The summed E-state index contributed by atoms with van der Waals surface area (Å²) < 4.78 is 0. The van der Waals surface area contributed by atoms with Gasteiger partial charge in [0, 0.05) is 12.3 Å². The summed E-state index contributed by atoms with van der Waals surface area (Å²) in [5.74, 6) is -0.434. The normalized spacial score (nSPS) is 11.3. The Balaban J connectivity index is 2.69. The van der Waals surface area contributed by atoms with E-state index in [1.165, 1.54) is 13.8 Å². The molecule has 0 atom stereocenters. The molecule has 0 saturated heterocycles. The zero-order valence-corrected chi connectivity index (χ0v) is 10.2. The number of carbonyl (C=O) groups is 1. The molecule has 17 heavy (non-hydrogen) atoms. The monoisotopic (exact) mass is 237 g/mol. The van der Waals surface area contributed by atoms with Crippen LogP contribution in [0.1, 0.15) is 25.8 Å². The van der Waals surface area contributed by atoms with E-state index in [9.17, 15) is 9.90 Å². The van der Waals surface area contributed by atoms with Crippen molar-refractivity contribution in [2.45, 2.75) is 32.3 Å². The Morgan fingerprint density at radius 3 is 2.71 bits per heavy atom. The van der Waals surface area contributed by atoms with Crippen molar-refractivity contribution in [3.63, 3.8) is 0 Å². The van der Waals surface area contributed by atoms with Crippen molar-refractivity contribution in [1.82, 2.24) is 0 Å². The number of aliphatic hydroxyl groups is 2. The van der Waals surface area contributed by atoms with Gasteiger partial charge in [-0.25, -0.2) is 0 Å². The number of nitrogens with one attached hydrogen (secondary N) is 1. The van der Waals surface area contributed by atoms with E-state index in [0.717, 1.165) is 12.0 Å². The van der Waals surface area contributed by atoms with Crippen LogP contribution in [-0.4, -0.2) is 28.3 Å². The van der Waals surface area contributed by atoms with Crippen molar-refractivity contribution in [2.75, 3.05) is 11.9 Å². The second kappa shape index (κ2) is 5.80. The Hall–Kier alpha value is -1.39. The number of rotatable bonds is 5. The highest BCUT2D eigenvalue weighted by molar-refractivity contribution is 5.96. The standard InChI is InChI=1S/C13H19NO3/c1-13(2,17)12(16)14-11-7-3-5-10(9-11)6-4-8-15/h3,5,7,9,15,17H,4,6,8H2,1-2H3,(H,14,16). The number of aliphatic hydroxyl groups excluding tert-OH is 1. The fraction of sp³-hybridized carbons (Fsp3) is 0.462. The third kappa shape index (κ3) is 4.54. The minimum Gasteiger partial charge on any atom is -0.396 e. The summed E-state index contributed by atoms with van der Waals surface area (Å²) in [5, 5.41) is 20.9. The number of benzene rings is 1. The summed E-state index contributed by atoms with van der Waals surface area (Å²) in [5.41, 5.74) is 0.321. The van der Waals surface area contributed by atoms with Crippen molar-refractivity contribution < 1.29 is 15.0 Å². The van der Waals surface area contributed by atoms with E-state index in [1.54, 1.807) is 6.07 Å². The van der Waals surface area contributed by atoms with Crippen LogP contribution in [0.2, 0.25) is 0 Å². The SMILES string of the molecule is CC(C)(O)C(=O)Nc1cccc(CCCO)c1. The number of hydrogen-bond acceptors (Lipinski definition) is 3. The summed E-state index contributed by atoms with van der Waals surface area (Å²) in [6.45, 7) is 3.04. The maximum absolute atomic E-state index is 11.6. The molecule has 1 amide bonds. The molecule has 1 aromatic carbocycles. The van der Waals surface area contributed by atoms with E-state index in [-0.39, 0.29) is 6.61 Å². The zero-order chi connectivity index (χ0) is 12.9. The highest BCUT2D eigenvalue weighted by Gasteiger charge is 2.23. The lowest BCUT2D eigenvalue weighted by molar-refractivity contribution is -0.130. The van der Waals surface area contributed by atoms with Crippen LogP contribution in [-0.2, 0) is 11.2 Å². The predicted molar refractivity (Wildman–Crippen MR) is 66.8 cm³/mol. The van der Waals surface area contributed by atoms with Crippen molar-refractivity contribution in [2.24, 2.45) is 0 Å². The fourth-order valence-corrected chi connectivity index (χ4v) is 1.37. The van der Waals surface area contributed by atoms with Crippen molar-refractivity contribution >= 4 is 11.6 Å². The first-order valence-corrected chi connectivity index (χ1v) is 5.67. The molecule has 0 aromatic heterocycles. The van der Waals surface area contributed by atoms with Gasteiger partial charge < -0.3 is 15.5 Å². The summed E-state index contributed by atoms with van der Waals surface area (Å²) in [6.07, 6.45) is 1.46. The molecular weight excluding hydrogens is 218 g/mol. The molecule has 0 aliphatic rings. The Labute approximate surface area is 101 Å². The molecule has 0 saturated carbocycles. The lowest BCUT2D eigenvalue weighted by Crippen LogP contribution is -2.36. The first-order chi connectivity index (χ1) is 7.93. The molecule has 4 heteroatoms. The first-order valence-electron chi connectivity index (χ1n) is 5.67. The van der Waals surface area contributed by atoms with Crippen LogP contribution >= 0.6 is 0 Å². The van der Waals surface area contributed by atoms with Crippen LogP contribution in [0.25, 0.3) is 0 Å². The van der Waals surface area contributed by atoms with Crippen LogP contribution in [0.15, 0.2) is 24.3 Å². The fourth-order valence-electron chi connectivity index (χ4n) is 1.37. The second-order valence-electron chi connectivity index (χ2n) is 4.54. The maximum Gasteiger partial charge on any atom is 0.255 e. The Kier molecular flexibility index (Phi) is 4.66. The van der Waals surface area contributed by atoms with E-state index >= 15 is 0 Å². The first kappa shape index (κ1) is 13.7. The zero-order valence-electron chi connectivity index (χ0n) is 10.2. The van der Waals surface area contributed by atoms with Gasteiger partial charge in [-0.05, 0) is 44.4 Å². The van der Waals surface area contributed by atoms with Gasteiger partial charge in [0.1, 0.15) is 5.60 Å². The smallest absolute Gasteiger partial charge is 0.255 e. The largest absolute Gasteiger partial charge is 0.396 e. The molecule has 3 N–H and O–H groups in total. The lowest BCUT2D eigenvalue weighted by Gasteiger charge is -2.16. The van der Waals surface area contributed by atoms with Crippen molar-refractivity contribution in [1.29, 1.82) is 0 Å². The van der Waals surface area contributed by atoms with E-state index in [4.69, 9.17) is 5.11 Å². The molecule has 1 aromatic rings. The van der Waals surface area contributed by atoms with Gasteiger partial charge in [0.25, 0.3) is 5.91 Å². The van der Waals surface area contributed by atoms with E-state index in [1.807, 2.05) is 18.2 Å². The highest BCUT2D eigenvalue weighted by Crippen LogP contribution is 2.14. The van der Waals surface area contributed by atoms with Crippen molar-refractivity contribution in [3.05, 3.63) is 29.8 Å². The molecule has 0 bridgehead atoms. The molecule has 0 unspecified atom stereocenters. The van der Waals surface area contributed by atoms with E-state index < -0.39 is 11.5 Å². The topological polar surface area (TPSA) is 69.6 Å². The molecule has 0 heterocycles.